The minimum atomic E-state index is -0.609. The third kappa shape index (κ3) is 4.78. The van der Waals surface area contributed by atoms with Crippen LogP contribution in [0.2, 0.25) is 0 Å². The first-order chi connectivity index (χ1) is 15.1. The third-order valence-electron chi connectivity index (χ3n) is 7.61. The van der Waals surface area contributed by atoms with Crippen LogP contribution < -0.4 is 15.4 Å². The van der Waals surface area contributed by atoms with Crippen molar-refractivity contribution >= 4 is 0 Å². The zero-order valence-electron chi connectivity index (χ0n) is 18.0. The van der Waals surface area contributed by atoms with Crippen molar-refractivity contribution in [3.05, 3.63) is 65.2 Å². The van der Waals surface area contributed by atoms with Gasteiger partial charge in [-0.25, -0.2) is 8.78 Å². The lowest BCUT2D eigenvalue weighted by atomic mass is 9.67. The van der Waals surface area contributed by atoms with Crippen LogP contribution >= 0.6 is 0 Å². The van der Waals surface area contributed by atoms with E-state index in [4.69, 9.17) is 4.74 Å². The van der Waals surface area contributed by atoms with Crippen molar-refractivity contribution in [3.8, 4) is 5.75 Å². The summed E-state index contributed by atoms with van der Waals surface area (Å²) in [5, 5.41) is 7.27. The molecule has 2 atom stereocenters. The van der Waals surface area contributed by atoms with Gasteiger partial charge in [0.1, 0.15) is 12.4 Å². The lowest BCUT2D eigenvalue weighted by molar-refractivity contribution is 0.115. The first kappa shape index (κ1) is 20.9. The van der Waals surface area contributed by atoms with Crippen molar-refractivity contribution in [1.82, 2.24) is 10.6 Å². The monoisotopic (exact) mass is 426 g/mol. The zero-order valence-corrected chi connectivity index (χ0v) is 18.0. The molecule has 0 aromatic heterocycles. The fourth-order valence-electron chi connectivity index (χ4n) is 5.62. The van der Waals surface area contributed by atoms with Crippen LogP contribution in [0.25, 0.3) is 0 Å². The predicted molar refractivity (Wildman–Crippen MR) is 118 cm³/mol. The normalized spacial score (nSPS) is 25.5. The lowest BCUT2D eigenvalue weighted by Gasteiger charge is -2.43. The van der Waals surface area contributed by atoms with E-state index >= 15 is 0 Å². The Kier molecular flexibility index (Phi) is 5.98. The maximum Gasteiger partial charge on any atom is 0.168 e. The van der Waals surface area contributed by atoms with Gasteiger partial charge in [0.2, 0.25) is 0 Å². The van der Waals surface area contributed by atoms with Crippen LogP contribution in [0.15, 0.2) is 42.5 Å². The molecule has 3 fully saturated rings. The van der Waals surface area contributed by atoms with Gasteiger partial charge in [0.15, 0.2) is 11.6 Å². The first-order valence-corrected chi connectivity index (χ1v) is 11.7. The van der Waals surface area contributed by atoms with E-state index in [1.54, 1.807) is 0 Å². The van der Waals surface area contributed by atoms with Gasteiger partial charge in [0.25, 0.3) is 0 Å². The maximum absolute atomic E-state index is 14.6. The van der Waals surface area contributed by atoms with E-state index in [1.807, 2.05) is 30.3 Å². The van der Waals surface area contributed by atoms with E-state index < -0.39 is 11.6 Å². The molecule has 0 bridgehead atoms. The first-order valence-electron chi connectivity index (χ1n) is 11.7. The van der Waals surface area contributed by atoms with Crippen LogP contribution in [0.5, 0.6) is 5.75 Å². The summed E-state index contributed by atoms with van der Waals surface area (Å²) >= 11 is 0. The Morgan fingerprint density at radius 1 is 1.00 bits per heavy atom. The van der Waals surface area contributed by atoms with Crippen molar-refractivity contribution in [3.63, 3.8) is 0 Å². The number of ether oxygens (including phenoxy) is 1. The van der Waals surface area contributed by atoms with Crippen molar-refractivity contribution in [2.24, 2.45) is 5.41 Å². The summed E-state index contributed by atoms with van der Waals surface area (Å²) in [6, 6.07) is 12.9. The molecule has 166 valence electrons. The van der Waals surface area contributed by atoms with Gasteiger partial charge in [0, 0.05) is 29.6 Å². The Bertz CT molecular complexity index is 888. The number of nitrogens with one attached hydrogen (secondary N) is 2. The highest BCUT2D eigenvalue weighted by molar-refractivity contribution is 5.42. The number of hydrogen-bond acceptors (Lipinski definition) is 3. The lowest BCUT2D eigenvalue weighted by Crippen LogP contribution is -2.43. The number of benzene rings is 2. The summed E-state index contributed by atoms with van der Waals surface area (Å²) < 4.78 is 34.5. The summed E-state index contributed by atoms with van der Waals surface area (Å²) in [6.45, 7) is 2.58. The molecule has 0 radical (unpaired) electrons. The molecule has 1 heterocycles. The standard InChI is InChI=1S/C26H32F2N2O/c27-19-14-22(25(23(28)15-19)31-17-18-4-2-1-3-5-18)21-16-24(21)30-20-6-8-26(9-7-20)10-12-29-13-11-26/h1-5,14-15,20-21,24,29-30H,6-13,16-17H2/t21-,24+/m0/s1. The van der Waals surface area contributed by atoms with Crippen molar-refractivity contribution in [2.45, 2.75) is 69.6 Å². The van der Waals surface area contributed by atoms with E-state index in [9.17, 15) is 8.78 Å². The highest BCUT2D eigenvalue weighted by Gasteiger charge is 2.44. The highest BCUT2D eigenvalue weighted by atomic mass is 19.1. The topological polar surface area (TPSA) is 33.3 Å². The molecule has 3 aliphatic rings. The molecule has 5 heteroatoms. The molecule has 2 saturated carbocycles. The van der Waals surface area contributed by atoms with Gasteiger partial charge in [-0.05, 0) is 75.1 Å². The largest absolute Gasteiger partial charge is 0.486 e. The van der Waals surface area contributed by atoms with Crippen LogP contribution in [-0.4, -0.2) is 25.2 Å². The number of piperidine rings is 1. The fraction of sp³-hybridized carbons (Fsp3) is 0.538. The molecule has 2 N–H and O–H groups in total. The summed E-state index contributed by atoms with van der Waals surface area (Å²) in [5.74, 6) is -0.819. The molecule has 0 amide bonds. The van der Waals surface area contributed by atoms with Crippen LogP contribution in [-0.2, 0) is 6.61 Å². The van der Waals surface area contributed by atoms with Crippen molar-refractivity contribution in [2.75, 3.05) is 13.1 Å². The molecular formula is C26H32F2N2O. The van der Waals surface area contributed by atoms with Crippen LogP contribution in [0, 0.1) is 17.0 Å². The molecule has 2 aliphatic carbocycles. The Morgan fingerprint density at radius 3 is 2.48 bits per heavy atom. The molecule has 1 aliphatic heterocycles. The van der Waals surface area contributed by atoms with Crippen LogP contribution in [0.4, 0.5) is 8.78 Å². The molecule has 2 aromatic rings. The quantitative estimate of drug-likeness (QED) is 0.658. The number of rotatable bonds is 6. The summed E-state index contributed by atoms with van der Waals surface area (Å²) in [7, 11) is 0. The summed E-state index contributed by atoms with van der Waals surface area (Å²) in [5.41, 5.74) is 2.18. The van der Waals surface area contributed by atoms with E-state index in [0.717, 1.165) is 31.1 Å². The van der Waals surface area contributed by atoms with Gasteiger partial charge in [-0.2, -0.15) is 0 Å². The highest BCUT2D eigenvalue weighted by Crippen LogP contribution is 2.48. The molecule has 1 spiro atoms. The van der Waals surface area contributed by atoms with Gasteiger partial charge in [-0.1, -0.05) is 30.3 Å². The second-order valence-electron chi connectivity index (χ2n) is 9.72. The molecular weight excluding hydrogens is 394 g/mol. The Morgan fingerprint density at radius 2 is 1.74 bits per heavy atom. The number of hydrogen-bond donors (Lipinski definition) is 2. The molecule has 31 heavy (non-hydrogen) atoms. The van der Waals surface area contributed by atoms with Crippen molar-refractivity contribution < 1.29 is 13.5 Å². The van der Waals surface area contributed by atoms with E-state index in [2.05, 4.69) is 10.6 Å². The zero-order chi connectivity index (χ0) is 21.3. The molecule has 5 rings (SSSR count). The van der Waals surface area contributed by atoms with Crippen LogP contribution in [0.1, 0.15) is 62.0 Å². The Balaban J connectivity index is 1.21. The Labute approximate surface area is 183 Å². The molecule has 1 saturated heterocycles. The second kappa shape index (κ2) is 8.87. The van der Waals surface area contributed by atoms with E-state index in [0.29, 0.717) is 17.0 Å². The second-order valence-corrected chi connectivity index (χ2v) is 9.72. The van der Waals surface area contributed by atoms with Gasteiger partial charge >= 0.3 is 0 Å². The minimum absolute atomic E-state index is 0.116. The predicted octanol–water partition coefficient (Wildman–Crippen LogP) is 5.30. The maximum atomic E-state index is 14.6. The smallest absolute Gasteiger partial charge is 0.168 e. The average Bonchev–Trinajstić information content (AvgIpc) is 3.55. The summed E-state index contributed by atoms with van der Waals surface area (Å²) in [4.78, 5) is 0. The van der Waals surface area contributed by atoms with E-state index in [-0.39, 0.29) is 24.3 Å². The van der Waals surface area contributed by atoms with Gasteiger partial charge < -0.3 is 15.4 Å². The summed E-state index contributed by atoms with van der Waals surface area (Å²) in [6.07, 6.45) is 8.52. The van der Waals surface area contributed by atoms with Gasteiger partial charge in [0.05, 0.1) is 0 Å². The molecule has 3 nitrogen and oxygen atoms in total. The van der Waals surface area contributed by atoms with Crippen molar-refractivity contribution in [1.29, 1.82) is 0 Å². The minimum Gasteiger partial charge on any atom is -0.486 e. The third-order valence-corrected chi connectivity index (χ3v) is 7.61. The van der Waals surface area contributed by atoms with Gasteiger partial charge in [-0.15, -0.1) is 0 Å². The molecule has 0 unspecified atom stereocenters. The SMILES string of the molecule is Fc1cc(F)c(OCc2ccccc2)c([C@@H]2C[C@H]2NC2CCC3(CCNCC3)CC2)c1. The Hall–Kier alpha value is -1.98. The average molecular weight is 427 g/mol. The fourth-order valence-corrected chi connectivity index (χ4v) is 5.62. The van der Waals surface area contributed by atoms with Crippen LogP contribution in [0.3, 0.4) is 0 Å². The van der Waals surface area contributed by atoms with E-state index in [1.165, 1.54) is 44.6 Å². The van der Waals surface area contributed by atoms with Gasteiger partial charge in [-0.3, -0.25) is 0 Å². The number of halogens is 2. The molecule has 2 aromatic carbocycles.